The van der Waals surface area contributed by atoms with Crippen molar-refractivity contribution in [2.24, 2.45) is 0 Å². The number of rotatable bonds is 4. The summed E-state index contributed by atoms with van der Waals surface area (Å²) in [5.74, 6) is -0.561. The quantitative estimate of drug-likeness (QED) is 0.516. The first-order chi connectivity index (χ1) is 19.1. The Hall–Kier alpha value is -4.05. The molecule has 2 fully saturated rings. The molecule has 3 heterocycles. The van der Waals surface area contributed by atoms with Gasteiger partial charge in [0.05, 0.1) is 24.3 Å². The molecule has 2 aliphatic rings. The van der Waals surface area contributed by atoms with E-state index in [0.717, 1.165) is 24.3 Å². The van der Waals surface area contributed by atoms with Crippen LogP contribution in [0.5, 0.6) is 0 Å². The molecule has 1 aromatic heterocycles. The van der Waals surface area contributed by atoms with Crippen LogP contribution in [0, 0.1) is 6.92 Å². The van der Waals surface area contributed by atoms with E-state index in [0.29, 0.717) is 61.7 Å². The Balaban J connectivity index is 1.34. The van der Waals surface area contributed by atoms with Crippen molar-refractivity contribution in [2.45, 2.75) is 33.3 Å². The highest BCUT2D eigenvalue weighted by molar-refractivity contribution is 6.04. The number of benzene rings is 2. The molecule has 2 aliphatic heterocycles. The average molecular weight is 549 g/mol. The zero-order valence-corrected chi connectivity index (χ0v) is 23.5. The van der Waals surface area contributed by atoms with Crippen molar-refractivity contribution >= 4 is 40.0 Å². The molecule has 2 aromatic carbocycles. The van der Waals surface area contributed by atoms with E-state index in [2.05, 4.69) is 15.1 Å². The Kier molecular flexibility index (Phi) is 7.71. The first kappa shape index (κ1) is 27.5. The Morgan fingerprint density at radius 1 is 0.900 bits per heavy atom. The molecule has 0 unspecified atom stereocenters. The van der Waals surface area contributed by atoms with Crippen LogP contribution in [0.4, 0.5) is 21.9 Å². The number of morpholine rings is 1. The van der Waals surface area contributed by atoms with Gasteiger partial charge in [0.2, 0.25) is 0 Å². The Morgan fingerprint density at radius 2 is 1.57 bits per heavy atom. The summed E-state index contributed by atoms with van der Waals surface area (Å²) >= 11 is 0. The second kappa shape index (κ2) is 11.2. The largest absolute Gasteiger partial charge is 0.448 e. The fourth-order valence-corrected chi connectivity index (χ4v) is 5.00. The monoisotopic (exact) mass is 548 g/mol. The summed E-state index contributed by atoms with van der Waals surface area (Å²) in [6.07, 6.45) is -0.343. The number of amides is 2. The molecule has 40 heavy (non-hydrogen) atoms. The lowest BCUT2D eigenvalue weighted by molar-refractivity contribution is 0.0240. The van der Waals surface area contributed by atoms with Crippen LogP contribution in [0.15, 0.2) is 51.7 Å². The maximum absolute atomic E-state index is 13.2. The third kappa shape index (κ3) is 6.07. The number of piperazine rings is 1. The molecule has 2 saturated heterocycles. The predicted molar refractivity (Wildman–Crippen MR) is 155 cm³/mol. The van der Waals surface area contributed by atoms with Gasteiger partial charge in [-0.05, 0) is 63.6 Å². The van der Waals surface area contributed by atoms with Gasteiger partial charge in [0.25, 0.3) is 5.91 Å². The fourth-order valence-electron chi connectivity index (χ4n) is 5.00. The first-order valence-electron chi connectivity index (χ1n) is 13.6. The third-order valence-corrected chi connectivity index (χ3v) is 7.06. The molecule has 0 spiro atoms. The lowest BCUT2D eigenvalue weighted by Crippen LogP contribution is -2.50. The second-order valence-corrected chi connectivity index (χ2v) is 11.1. The molecule has 0 atom stereocenters. The van der Waals surface area contributed by atoms with Crippen molar-refractivity contribution in [1.82, 2.24) is 4.90 Å². The van der Waals surface area contributed by atoms with E-state index in [1.54, 1.807) is 4.90 Å². The van der Waals surface area contributed by atoms with Crippen LogP contribution in [-0.2, 0) is 9.47 Å². The number of fused-ring (bicyclic) bond motifs is 1. The summed E-state index contributed by atoms with van der Waals surface area (Å²) in [5, 5.41) is 3.29. The highest BCUT2D eigenvalue weighted by Crippen LogP contribution is 2.30. The standard InChI is InChI=1S/C30H36N4O6/c1-20-5-10-23(33-11-13-34(14-12-33)29(37)40-30(2,3)4)27-26(20)24(35)19-25(39-27)28(36)31-21-6-8-22(9-7-21)32-15-17-38-18-16-32/h5-10,19H,11-18H2,1-4H3,(H,31,36). The van der Waals surface area contributed by atoms with Gasteiger partial charge < -0.3 is 33.9 Å². The van der Waals surface area contributed by atoms with Crippen LogP contribution < -0.4 is 20.5 Å². The van der Waals surface area contributed by atoms with Gasteiger partial charge >= 0.3 is 6.09 Å². The van der Waals surface area contributed by atoms with E-state index in [9.17, 15) is 14.4 Å². The molecule has 0 aliphatic carbocycles. The van der Waals surface area contributed by atoms with E-state index in [4.69, 9.17) is 13.9 Å². The van der Waals surface area contributed by atoms with Crippen LogP contribution in [0.2, 0.25) is 0 Å². The third-order valence-electron chi connectivity index (χ3n) is 7.06. The van der Waals surface area contributed by atoms with E-state index < -0.39 is 11.5 Å². The Morgan fingerprint density at radius 3 is 2.23 bits per heavy atom. The minimum absolute atomic E-state index is 0.0611. The summed E-state index contributed by atoms with van der Waals surface area (Å²) in [7, 11) is 0. The summed E-state index contributed by atoms with van der Waals surface area (Å²) in [6, 6.07) is 12.6. The molecule has 1 N–H and O–H groups in total. The SMILES string of the molecule is Cc1ccc(N2CCN(C(=O)OC(C)(C)C)CC2)c2oc(C(=O)Nc3ccc(N4CCOCC4)cc3)cc(=O)c12. The van der Waals surface area contributed by atoms with Gasteiger partial charge in [0.15, 0.2) is 16.8 Å². The molecule has 0 radical (unpaired) electrons. The number of nitrogens with zero attached hydrogens (tertiary/aromatic N) is 3. The average Bonchev–Trinajstić information content (AvgIpc) is 2.93. The number of nitrogens with one attached hydrogen (secondary N) is 1. The van der Waals surface area contributed by atoms with Crippen LogP contribution in [0.1, 0.15) is 36.9 Å². The number of hydrogen-bond acceptors (Lipinski definition) is 8. The van der Waals surface area contributed by atoms with Gasteiger partial charge in [-0.3, -0.25) is 9.59 Å². The fraction of sp³-hybridized carbons (Fsp3) is 0.433. The zero-order valence-electron chi connectivity index (χ0n) is 23.5. The number of aryl methyl sites for hydroxylation is 1. The number of anilines is 3. The highest BCUT2D eigenvalue weighted by Gasteiger charge is 2.27. The van der Waals surface area contributed by atoms with Crippen LogP contribution in [-0.4, -0.2) is 75.0 Å². The maximum Gasteiger partial charge on any atom is 0.410 e. The Labute approximate surface area is 233 Å². The number of hydrogen-bond donors (Lipinski definition) is 1. The maximum atomic E-state index is 13.2. The first-order valence-corrected chi connectivity index (χ1v) is 13.6. The number of carbonyl (C=O) groups excluding carboxylic acids is 2. The van der Waals surface area contributed by atoms with Crippen molar-refractivity contribution in [3.63, 3.8) is 0 Å². The molecule has 2 amide bonds. The molecule has 212 valence electrons. The van der Waals surface area contributed by atoms with Crippen molar-refractivity contribution in [1.29, 1.82) is 0 Å². The normalized spacial score (nSPS) is 16.2. The van der Waals surface area contributed by atoms with E-state index in [1.165, 1.54) is 6.07 Å². The van der Waals surface area contributed by atoms with Crippen molar-refractivity contribution in [2.75, 3.05) is 67.6 Å². The molecule has 0 saturated carbocycles. The Bertz CT molecular complexity index is 1450. The smallest absolute Gasteiger partial charge is 0.410 e. The molecule has 5 rings (SSSR count). The summed E-state index contributed by atoms with van der Waals surface area (Å²) in [6.45, 7) is 12.4. The van der Waals surface area contributed by atoms with Gasteiger partial charge in [-0.15, -0.1) is 0 Å². The minimum Gasteiger partial charge on any atom is -0.448 e. The van der Waals surface area contributed by atoms with Gasteiger partial charge in [0.1, 0.15) is 5.60 Å². The topological polar surface area (TPSA) is 105 Å². The van der Waals surface area contributed by atoms with Gasteiger partial charge in [0, 0.05) is 56.7 Å². The van der Waals surface area contributed by atoms with Gasteiger partial charge in [-0.25, -0.2) is 4.79 Å². The van der Waals surface area contributed by atoms with E-state index in [1.807, 2.05) is 64.1 Å². The summed E-state index contributed by atoms with van der Waals surface area (Å²) in [4.78, 5) is 44.8. The summed E-state index contributed by atoms with van der Waals surface area (Å²) < 4.78 is 17.0. The van der Waals surface area contributed by atoms with E-state index in [-0.39, 0.29) is 17.3 Å². The second-order valence-electron chi connectivity index (χ2n) is 11.1. The number of carbonyl (C=O) groups is 2. The van der Waals surface area contributed by atoms with Crippen molar-refractivity contribution in [3.8, 4) is 0 Å². The van der Waals surface area contributed by atoms with Gasteiger partial charge in [-0.2, -0.15) is 0 Å². The molecular weight excluding hydrogens is 512 g/mol. The minimum atomic E-state index is -0.563. The summed E-state index contributed by atoms with van der Waals surface area (Å²) in [5.41, 5.74) is 2.67. The lowest BCUT2D eigenvalue weighted by Gasteiger charge is -2.36. The molecule has 0 bridgehead atoms. The lowest BCUT2D eigenvalue weighted by atomic mass is 10.1. The van der Waals surface area contributed by atoms with E-state index >= 15 is 0 Å². The number of ether oxygens (including phenoxy) is 2. The molecular formula is C30H36N4O6. The molecule has 10 heteroatoms. The van der Waals surface area contributed by atoms with Crippen molar-refractivity contribution in [3.05, 3.63) is 64.0 Å². The van der Waals surface area contributed by atoms with Crippen LogP contribution in [0.3, 0.4) is 0 Å². The van der Waals surface area contributed by atoms with Crippen molar-refractivity contribution < 1.29 is 23.5 Å². The molecule has 3 aromatic rings. The molecule has 10 nitrogen and oxygen atoms in total. The van der Waals surface area contributed by atoms with Crippen LogP contribution >= 0.6 is 0 Å². The van der Waals surface area contributed by atoms with Crippen LogP contribution in [0.25, 0.3) is 11.0 Å². The highest BCUT2D eigenvalue weighted by atomic mass is 16.6. The predicted octanol–water partition coefficient (Wildman–Crippen LogP) is 4.25. The van der Waals surface area contributed by atoms with Gasteiger partial charge in [-0.1, -0.05) is 6.07 Å². The zero-order chi connectivity index (χ0) is 28.4.